The second-order valence-electron chi connectivity index (χ2n) is 7.21. The van der Waals surface area contributed by atoms with Crippen molar-refractivity contribution in [1.29, 1.82) is 0 Å². The number of phenols is 1. The number of benzene rings is 2. The fraction of sp³-hybridized carbons (Fsp3) is 0.238. The Morgan fingerprint density at radius 2 is 1.79 bits per heavy atom. The van der Waals surface area contributed by atoms with E-state index in [0.717, 1.165) is 14.9 Å². The highest BCUT2D eigenvalue weighted by atomic mass is 79.9. The van der Waals surface area contributed by atoms with Crippen LogP contribution in [0, 0.1) is 5.92 Å². The molecular weight excluding hydrogens is 438 g/mol. The molecule has 0 unspecified atom stereocenters. The molecule has 0 atom stereocenters. The summed E-state index contributed by atoms with van der Waals surface area (Å²) in [7, 11) is 0. The lowest BCUT2D eigenvalue weighted by molar-refractivity contribution is 0.0640. The van der Waals surface area contributed by atoms with Crippen LogP contribution in [-0.2, 0) is 6.54 Å². The number of imide groups is 1. The lowest BCUT2D eigenvalue weighted by atomic mass is 10.0. The average Bonchev–Trinajstić information content (AvgIpc) is 2.93. The first-order chi connectivity index (χ1) is 13.9. The minimum atomic E-state index is -0.579. The quantitative estimate of drug-likeness (QED) is 0.585. The summed E-state index contributed by atoms with van der Waals surface area (Å²) in [5.41, 5.74) is 1.12. The standard InChI is InChI=1S/C21H18BrN3O4/c1-11(2)10-29-19-15-14(18(26)16-17(19)24-7-6-23-16)20(27)25(21(15)28)9-12-4-3-5-13(22)8-12/h3-8,11,26H,9-10H2,1-2H3. The second kappa shape index (κ2) is 7.44. The summed E-state index contributed by atoms with van der Waals surface area (Å²) < 4.78 is 6.74. The van der Waals surface area contributed by atoms with Gasteiger partial charge in [0.2, 0.25) is 0 Å². The van der Waals surface area contributed by atoms with Crippen molar-refractivity contribution >= 4 is 38.8 Å². The Morgan fingerprint density at radius 1 is 1.10 bits per heavy atom. The molecule has 0 fully saturated rings. The minimum absolute atomic E-state index is 0.0381. The largest absolute Gasteiger partial charge is 0.505 e. The van der Waals surface area contributed by atoms with E-state index in [1.165, 1.54) is 12.4 Å². The molecule has 2 heterocycles. The van der Waals surface area contributed by atoms with Crippen LogP contribution in [0.2, 0.25) is 0 Å². The smallest absolute Gasteiger partial charge is 0.265 e. The van der Waals surface area contributed by atoms with Gasteiger partial charge in [0.15, 0.2) is 11.5 Å². The molecule has 0 spiro atoms. The number of hydrogen-bond donors (Lipinski definition) is 1. The molecule has 3 aromatic rings. The molecule has 1 aliphatic heterocycles. The number of rotatable bonds is 5. The molecule has 4 rings (SSSR count). The van der Waals surface area contributed by atoms with Crippen LogP contribution in [0.15, 0.2) is 41.1 Å². The molecule has 2 aromatic carbocycles. The van der Waals surface area contributed by atoms with E-state index in [0.29, 0.717) is 6.61 Å². The molecule has 7 nitrogen and oxygen atoms in total. The van der Waals surface area contributed by atoms with Crippen LogP contribution in [-0.4, -0.2) is 38.4 Å². The molecule has 0 aliphatic carbocycles. The molecule has 0 saturated heterocycles. The van der Waals surface area contributed by atoms with Crippen LogP contribution in [0.3, 0.4) is 0 Å². The summed E-state index contributed by atoms with van der Waals surface area (Å²) in [6.45, 7) is 4.35. The van der Waals surface area contributed by atoms with Crippen LogP contribution < -0.4 is 4.74 Å². The van der Waals surface area contributed by atoms with Crippen molar-refractivity contribution in [1.82, 2.24) is 14.9 Å². The van der Waals surface area contributed by atoms with Crippen molar-refractivity contribution in [3.63, 3.8) is 0 Å². The van der Waals surface area contributed by atoms with E-state index in [1.54, 1.807) is 0 Å². The fourth-order valence-corrected chi connectivity index (χ4v) is 3.72. The molecule has 1 aromatic heterocycles. The predicted molar refractivity (Wildman–Crippen MR) is 110 cm³/mol. The predicted octanol–water partition coefficient (Wildman–Crippen LogP) is 3.93. The van der Waals surface area contributed by atoms with Crippen molar-refractivity contribution in [3.8, 4) is 11.5 Å². The van der Waals surface area contributed by atoms with Gasteiger partial charge in [0, 0.05) is 16.9 Å². The van der Waals surface area contributed by atoms with E-state index < -0.39 is 11.8 Å². The van der Waals surface area contributed by atoms with Crippen LogP contribution in [0.4, 0.5) is 0 Å². The van der Waals surface area contributed by atoms with Gasteiger partial charge in [-0.05, 0) is 23.6 Å². The normalized spacial score (nSPS) is 13.4. The Morgan fingerprint density at radius 3 is 2.48 bits per heavy atom. The van der Waals surface area contributed by atoms with Crippen molar-refractivity contribution in [3.05, 3.63) is 57.8 Å². The molecule has 0 saturated carbocycles. The molecule has 2 amide bonds. The molecule has 8 heteroatoms. The zero-order valence-corrected chi connectivity index (χ0v) is 17.4. The number of nitrogens with zero attached hydrogens (tertiary/aromatic N) is 3. The van der Waals surface area contributed by atoms with Crippen LogP contribution in [0.5, 0.6) is 11.5 Å². The van der Waals surface area contributed by atoms with Gasteiger partial charge >= 0.3 is 0 Å². The summed E-state index contributed by atoms with van der Waals surface area (Å²) >= 11 is 3.39. The number of aromatic hydroxyl groups is 1. The number of phenolic OH excluding ortho intramolecular Hbond substituents is 1. The summed E-state index contributed by atoms with van der Waals surface area (Å²) in [5, 5.41) is 10.7. The highest BCUT2D eigenvalue weighted by Crippen LogP contribution is 2.43. The molecule has 148 valence electrons. The van der Waals surface area contributed by atoms with Gasteiger partial charge in [-0.2, -0.15) is 0 Å². The van der Waals surface area contributed by atoms with Gasteiger partial charge in [-0.25, -0.2) is 9.97 Å². The van der Waals surface area contributed by atoms with Gasteiger partial charge < -0.3 is 9.84 Å². The highest BCUT2D eigenvalue weighted by molar-refractivity contribution is 9.10. The number of ether oxygens (including phenoxy) is 1. The maximum atomic E-state index is 13.2. The van der Waals surface area contributed by atoms with Crippen LogP contribution in [0.25, 0.3) is 11.0 Å². The SMILES string of the molecule is CC(C)COc1c2c(c(O)c3nccnc13)C(=O)N(Cc1cccc(Br)c1)C2=O. The monoisotopic (exact) mass is 455 g/mol. The molecule has 1 aliphatic rings. The summed E-state index contributed by atoms with van der Waals surface area (Å²) in [6, 6.07) is 7.34. The Balaban J connectivity index is 1.85. The molecule has 29 heavy (non-hydrogen) atoms. The maximum Gasteiger partial charge on any atom is 0.265 e. The van der Waals surface area contributed by atoms with E-state index in [9.17, 15) is 14.7 Å². The molecular formula is C21H18BrN3O4. The van der Waals surface area contributed by atoms with Gasteiger partial charge in [0.05, 0.1) is 13.2 Å². The van der Waals surface area contributed by atoms with E-state index in [1.807, 2.05) is 38.1 Å². The number of hydrogen-bond acceptors (Lipinski definition) is 6. The van der Waals surface area contributed by atoms with Gasteiger partial charge in [-0.1, -0.05) is 41.9 Å². The first-order valence-electron chi connectivity index (χ1n) is 9.11. The van der Waals surface area contributed by atoms with Crippen LogP contribution >= 0.6 is 15.9 Å². The van der Waals surface area contributed by atoms with E-state index in [2.05, 4.69) is 25.9 Å². The number of fused-ring (bicyclic) bond motifs is 2. The Hall–Kier alpha value is -3.00. The molecule has 0 bridgehead atoms. The molecule has 1 N–H and O–H groups in total. The topological polar surface area (TPSA) is 92.6 Å². The maximum absolute atomic E-state index is 13.2. The van der Waals surface area contributed by atoms with Gasteiger partial charge in [0.25, 0.3) is 11.8 Å². The lowest BCUT2D eigenvalue weighted by Crippen LogP contribution is -2.29. The number of aromatic nitrogens is 2. The average molecular weight is 456 g/mol. The summed E-state index contributed by atoms with van der Waals surface area (Å²) in [5.74, 6) is -1.08. The van der Waals surface area contributed by atoms with E-state index in [-0.39, 0.29) is 46.1 Å². The number of carbonyl (C=O) groups is 2. The van der Waals surface area contributed by atoms with Crippen molar-refractivity contribution in [2.24, 2.45) is 5.92 Å². The van der Waals surface area contributed by atoms with Gasteiger partial charge in [-0.15, -0.1) is 0 Å². The summed E-state index contributed by atoms with van der Waals surface area (Å²) in [4.78, 5) is 35.8. The van der Waals surface area contributed by atoms with Crippen molar-refractivity contribution in [2.75, 3.05) is 6.61 Å². The Labute approximate surface area is 175 Å². The molecule has 0 radical (unpaired) electrons. The Bertz CT molecular complexity index is 1150. The lowest BCUT2D eigenvalue weighted by Gasteiger charge is -2.15. The zero-order chi connectivity index (χ0) is 20.7. The van der Waals surface area contributed by atoms with E-state index in [4.69, 9.17) is 4.74 Å². The third kappa shape index (κ3) is 3.33. The fourth-order valence-electron chi connectivity index (χ4n) is 3.27. The van der Waals surface area contributed by atoms with Crippen molar-refractivity contribution in [2.45, 2.75) is 20.4 Å². The number of halogens is 1. The van der Waals surface area contributed by atoms with Gasteiger partial charge in [0.1, 0.15) is 22.2 Å². The van der Waals surface area contributed by atoms with Gasteiger partial charge in [-0.3, -0.25) is 14.5 Å². The first kappa shape index (κ1) is 19.3. The zero-order valence-electron chi connectivity index (χ0n) is 15.8. The third-order valence-electron chi connectivity index (χ3n) is 4.56. The highest BCUT2D eigenvalue weighted by Gasteiger charge is 2.42. The number of carbonyl (C=O) groups excluding carboxylic acids is 2. The Kier molecular flexibility index (Phi) is 4.96. The number of amides is 2. The first-order valence-corrected chi connectivity index (χ1v) is 9.90. The third-order valence-corrected chi connectivity index (χ3v) is 5.05. The summed E-state index contributed by atoms with van der Waals surface area (Å²) in [6.07, 6.45) is 2.87. The minimum Gasteiger partial charge on any atom is -0.505 e. The van der Waals surface area contributed by atoms with E-state index >= 15 is 0 Å². The van der Waals surface area contributed by atoms with Crippen molar-refractivity contribution < 1.29 is 19.4 Å². The van der Waals surface area contributed by atoms with Crippen LogP contribution in [0.1, 0.15) is 40.1 Å². The second-order valence-corrected chi connectivity index (χ2v) is 8.13.